The Morgan fingerprint density at radius 2 is 1.89 bits per heavy atom. The third-order valence-electron chi connectivity index (χ3n) is 2.91. The molecule has 1 atom stereocenters. The Labute approximate surface area is 113 Å². The average Bonchev–Trinajstić information content (AvgIpc) is 2.31. The largest absolute Gasteiger partial charge is 0.481 e. The highest BCUT2D eigenvalue weighted by Gasteiger charge is 2.08. The highest BCUT2D eigenvalue weighted by Crippen LogP contribution is 2.14. The van der Waals surface area contributed by atoms with Crippen molar-refractivity contribution >= 4 is 17.6 Å². The summed E-state index contributed by atoms with van der Waals surface area (Å²) >= 11 is 0. The summed E-state index contributed by atoms with van der Waals surface area (Å²) in [6.45, 7) is 4.18. The number of carbonyl (C=O) groups excluding carboxylic acids is 1. The average molecular weight is 263 g/mol. The molecule has 19 heavy (non-hydrogen) atoms. The van der Waals surface area contributed by atoms with E-state index in [2.05, 4.69) is 19.2 Å². The van der Waals surface area contributed by atoms with Crippen molar-refractivity contribution in [2.45, 2.75) is 39.5 Å². The maximum absolute atomic E-state index is 11.8. The molecule has 1 rings (SSSR count). The van der Waals surface area contributed by atoms with Crippen LogP contribution < -0.4 is 5.32 Å². The van der Waals surface area contributed by atoms with Crippen molar-refractivity contribution in [3.63, 3.8) is 0 Å². The van der Waals surface area contributed by atoms with Gasteiger partial charge in [-0.05, 0) is 23.6 Å². The molecule has 0 aromatic heterocycles. The van der Waals surface area contributed by atoms with Gasteiger partial charge in [-0.3, -0.25) is 9.59 Å². The molecule has 1 amide bonds. The molecule has 0 bridgehead atoms. The number of amides is 1. The van der Waals surface area contributed by atoms with Gasteiger partial charge in [0.1, 0.15) is 0 Å². The molecule has 2 N–H and O–H groups in total. The molecule has 0 fully saturated rings. The van der Waals surface area contributed by atoms with Crippen molar-refractivity contribution in [2.75, 3.05) is 5.32 Å². The van der Waals surface area contributed by atoms with Crippen LogP contribution in [0.4, 0.5) is 5.69 Å². The minimum Gasteiger partial charge on any atom is -0.481 e. The predicted molar refractivity (Wildman–Crippen MR) is 75.1 cm³/mol. The number of hydrogen-bond donors (Lipinski definition) is 2. The Balaban J connectivity index is 2.48. The molecule has 0 saturated carbocycles. The maximum Gasteiger partial charge on any atom is 0.307 e. The molecule has 1 aromatic carbocycles. The van der Waals surface area contributed by atoms with Crippen molar-refractivity contribution in [3.05, 3.63) is 29.8 Å². The standard InChI is InChI=1S/C15H21NO3/c1-3-4-11(2)9-14(17)16-13-7-5-12(6-8-13)10-15(18)19/h5-8,11H,3-4,9-10H2,1-2H3,(H,16,17)(H,18,19). The maximum atomic E-state index is 11.8. The summed E-state index contributed by atoms with van der Waals surface area (Å²) in [5, 5.41) is 11.5. The van der Waals surface area contributed by atoms with E-state index in [0.717, 1.165) is 18.4 Å². The number of nitrogens with one attached hydrogen (secondary N) is 1. The summed E-state index contributed by atoms with van der Waals surface area (Å²) in [7, 11) is 0. The van der Waals surface area contributed by atoms with Gasteiger partial charge in [0.25, 0.3) is 0 Å². The second-order valence-electron chi connectivity index (χ2n) is 4.91. The topological polar surface area (TPSA) is 66.4 Å². The third kappa shape index (κ3) is 6.04. The molecule has 0 radical (unpaired) electrons. The van der Waals surface area contributed by atoms with Crippen LogP contribution in [0.5, 0.6) is 0 Å². The zero-order chi connectivity index (χ0) is 14.3. The fraction of sp³-hybridized carbons (Fsp3) is 0.467. The number of carboxylic acid groups (broad SMARTS) is 1. The van der Waals surface area contributed by atoms with Crippen molar-refractivity contribution in [1.29, 1.82) is 0 Å². The Hall–Kier alpha value is -1.84. The molecular formula is C15H21NO3. The molecule has 104 valence electrons. The van der Waals surface area contributed by atoms with Crippen LogP contribution >= 0.6 is 0 Å². The Kier molecular flexibility index (Phi) is 6.06. The molecule has 1 aromatic rings. The molecule has 1 unspecified atom stereocenters. The minimum atomic E-state index is -0.856. The van der Waals surface area contributed by atoms with E-state index < -0.39 is 5.97 Å². The number of benzene rings is 1. The molecular weight excluding hydrogens is 242 g/mol. The van der Waals surface area contributed by atoms with Gasteiger partial charge in [0.05, 0.1) is 6.42 Å². The van der Waals surface area contributed by atoms with Gasteiger partial charge in [0.2, 0.25) is 5.91 Å². The van der Waals surface area contributed by atoms with Gasteiger partial charge in [0.15, 0.2) is 0 Å². The van der Waals surface area contributed by atoms with Crippen LogP contribution in [0.15, 0.2) is 24.3 Å². The molecule has 0 spiro atoms. The normalized spacial score (nSPS) is 11.9. The van der Waals surface area contributed by atoms with Crippen molar-refractivity contribution in [2.24, 2.45) is 5.92 Å². The number of carbonyl (C=O) groups is 2. The SMILES string of the molecule is CCCC(C)CC(=O)Nc1ccc(CC(=O)O)cc1. The van der Waals surface area contributed by atoms with Crippen LogP contribution in [0.1, 0.15) is 38.7 Å². The first kappa shape index (κ1) is 15.2. The van der Waals surface area contributed by atoms with E-state index >= 15 is 0 Å². The summed E-state index contributed by atoms with van der Waals surface area (Å²) in [5.74, 6) is -0.464. The quantitative estimate of drug-likeness (QED) is 0.794. The Bertz CT molecular complexity index is 426. The van der Waals surface area contributed by atoms with Gasteiger partial charge in [-0.1, -0.05) is 38.8 Å². The van der Waals surface area contributed by atoms with E-state index in [0.29, 0.717) is 18.0 Å². The summed E-state index contributed by atoms with van der Waals surface area (Å²) in [4.78, 5) is 22.3. The number of hydrogen-bond acceptors (Lipinski definition) is 2. The first-order valence-corrected chi connectivity index (χ1v) is 6.61. The fourth-order valence-electron chi connectivity index (χ4n) is 2.00. The van der Waals surface area contributed by atoms with E-state index in [-0.39, 0.29) is 12.3 Å². The molecule has 0 aliphatic carbocycles. The monoisotopic (exact) mass is 263 g/mol. The lowest BCUT2D eigenvalue weighted by Crippen LogP contribution is -2.15. The van der Waals surface area contributed by atoms with Gasteiger partial charge in [0, 0.05) is 12.1 Å². The van der Waals surface area contributed by atoms with Gasteiger partial charge in [-0.15, -0.1) is 0 Å². The van der Waals surface area contributed by atoms with Crippen molar-refractivity contribution in [1.82, 2.24) is 0 Å². The van der Waals surface area contributed by atoms with Crippen LogP contribution in [0.25, 0.3) is 0 Å². The van der Waals surface area contributed by atoms with E-state index in [1.807, 2.05) is 0 Å². The number of anilines is 1. The summed E-state index contributed by atoms with van der Waals surface area (Å²) in [6, 6.07) is 6.92. The molecule has 4 nitrogen and oxygen atoms in total. The molecule has 0 aliphatic heterocycles. The van der Waals surface area contributed by atoms with Crippen molar-refractivity contribution in [3.8, 4) is 0 Å². The second kappa shape index (κ2) is 7.56. The predicted octanol–water partition coefficient (Wildman–Crippen LogP) is 3.08. The lowest BCUT2D eigenvalue weighted by molar-refractivity contribution is -0.136. The highest BCUT2D eigenvalue weighted by molar-refractivity contribution is 5.90. The van der Waals surface area contributed by atoms with Gasteiger partial charge < -0.3 is 10.4 Å². The number of aliphatic carboxylic acids is 1. The van der Waals surface area contributed by atoms with Gasteiger partial charge in [-0.25, -0.2) is 0 Å². The molecule has 0 aliphatic rings. The second-order valence-corrected chi connectivity index (χ2v) is 4.91. The number of carboxylic acids is 1. The summed E-state index contributed by atoms with van der Waals surface area (Å²) in [5.41, 5.74) is 1.44. The summed E-state index contributed by atoms with van der Waals surface area (Å²) < 4.78 is 0. The molecule has 0 saturated heterocycles. The third-order valence-corrected chi connectivity index (χ3v) is 2.91. The fourth-order valence-corrected chi connectivity index (χ4v) is 2.00. The first-order chi connectivity index (χ1) is 9.01. The van der Waals surface area contributed by atoms with E-state index in [9.17, 15) is 9.59 Å². The minimum absolute atomic E-state index is 0.00175. The van der Waals surface area contributed by atoms with E-state index in [1.165, 1.54) is 0 Å². The van der Waals surface area contributed by atoms with E-state index in [1.54, 1.807) is 24.3 Å². The highest BCUT2D eigenvalue weighted by atomic mass is 16.4. The molecule has 0 heterocycles. The van der Waals surface area contributed by atoms with Crippen LogP contribution in [-0.2, 0) is 16.0 Å². The Morgan fingerprint density at radius 3 is 2.42 bits per heavy atom. The van der Waals surface area contributed by atoms with E-state index in [4.69, 9.17) is 5.11 Å². The van der Waals surface area contributed by atoms with Gasteiger partial charge >= 0.3 is 5.97 Å². The van der Waals surface area contributed by atoms with Crippen LogP contribution in [0.2, 0.25) is 0 Å². The molecule has 4 heteroatoms. The summed E-state index contributed by atoms with van der Waals surface area (Å²) in [6.07, 6.45) is 2.65. The Morgan fingerprint density at radius 1 is 1.26 bits per heavy atom. The number of rotatable bonds is 7. The van der Waals surface area contributed by atoms with Crippen LogP contribution in [0, 0.1) is 5.92 Å². The smallest absolute Gasteiger partial charge is 0.307 e. The van der Waals surface area contributed by atoms with Crippen LogP contribution in [-0.4, -0.2) is 17.0 Å². The van der Waals surface area contributed by atoms with Gasteiger partial charge in [-0.2, -0.15) is 0 Å². The van der Waals surface area contributed by atoms with Crippen LogP contribution in [0.3, 0.4) is 0 Å². The zero-order valence-corrected chi connectivity index (χ0v) is 11.5. The lowest BCUT2D eigenvalue weighted by Gasteiger charge is -2.10. The first-order valence-electron chi connectivity index (χ1n) is 6.61. The van der Waals surface area contributed by atoms with Crippen molar-refractivity contribution < 1.29 is 14.7 Å². The zero-order valence-electron chi connectivity index (χ0n) is 11.5. The lowest BCUT2D eigenvalue weighted by atomic mass is 10.0.